The van der Waals surface area contributed by atoms with Crippen molar-refractivity contribution >= 4 is 22.7 Å². The summed E-state index contributed by atoms with van der Waals surface area (Å²) in [5.41, 5.74) is 12.5. The van der Waals surface area contributed by atoms with Crippen LogP contribution in [-0.4, -0.2) is 24.5 Å². The minimum atomic E-state index is -0.115. The van der Waals surface area contributed by atoms with Crippen LogP contribution in [0.15, 0.2) is 72.8 Å². The topological polar surface area (TPSA) is 117 Å². The number of aromatic nitrogens is 6. The van der Waals surface area contributed by atoms with E-state index >= 15 is 0 Å². The van der Waals surface area contributed by atoms with Gasteiger partial charge in [0.15, 0.2) is 12.0 Å². The monoisotopic (exact) mass is 1000 g/mol. The van der Waals surface area contributed by atoms with Crippen LogP contribution in [0.3, 0.4) is 0 Å². The Morgan fingerprint density at radius 1 is 0.730 bits per heavy atom. The Labute approximate surface area is 385 Å². The van der Waals surface area contributed by atoms with Crippen LogP contribution in [-0.2, 0) is 50.8 Å². The molecule has 0 bridgehead atoms. The summed E-state index contributed by atoms with van der Waals surface area (Å²) in [6.45, 7) is 31.8. The molecule has 0 aliphatic rings. The second kappa shape index (κ2) is 19.9. The first kappa shape index (κ1) is 47.2. The van der Waals surface area contributed by atoms with E-state index in [9.17, 15) is 10.5 Å². The van der Waals surface area contributed by atoms with Gasteiger partial charge in [-0.2, -0.15) is 40.2 Å². The minimum Gasteiger partial charge on any atom is -0.359 e. The summed E-state index contributed by atoms with van der Waals surface area (Å²) < 4.78 is 3.74. The maximum absolute atomic E-state index is 9.76. The largest absolute Gasteiger partial charge is 0.359 e. The zero-order chi connectivity index (χ0) is 44.8. The predicted octanol–water partition coefficient (Wildman–Crippen LogP) is 10.9. The standard InChI is InChI=1S/C38H34N6.C14H13N4.Ir/c1-37(2,3)27-19-30(43-35(21-27)32-16-14-29(41-7)18-26(32)24-40)11-9-10-12-31-20-28(38(4,5)6)22-36(44-31)33-15-13-25(23-39)17-34(33)42-8;1-10-11(2)16-14-13(15-10)17(3)9-18(14)12-7-5-4-6-8-12;/h13-14,17-22H,9-12H2,1-6H3;4-7H,1-3H3;/q-2;-1;. The van der Waals surface area contributed by atoms with E-state index in [2.05, 4.69) is 110 Å². The summed E-state index contributed by atoms with van der Waals surface area (Å²) >= 11 is 0. The van der Waals surface area contributed by atoms with Gasteiger partial charge >= 0.3 is 0 Å². The number of pyridine rings is 2. The van der Waals surface area contributed by atoms with E-state index in [1.54, 1.807) is 24.3 Å². The van der Waals surface area contributed by atoms with Crippen molar-refractivity contribution in [2.45, 2.75) is 91.9 Å². The zero-order valence-electron chi connectivity index (χ0n) is 37.1. The molecular weight excluding hydrogens is 957 g/mol. The van der Waals surface area contributed by atoms with Crippen LogP contribution in [0.4, 0.5) is 11.4 Å². The van der Waals surface area contributed by atoms with Gasteiger partial charge in [0.05, 0.1) is 12.3 Å². The summed E-state index contributed by atoms with van der Waals surface area (Å²) in [5, 5.41) is 19.0. The van der Waals surface area contributed by atoms with E-state index in [4.69, 9.17) is 23.1 Å². The molecule has 0 saturated heterocycles. The molecule has 0 N–H and O–H groups in total. The third-order valence-corrected chi connectivity index (χ3v) is 10.4. The van der Waals surface area contributed by atoms with E-state index in [0.29, 0.717) is 45.0 Å². The first-order valence-electron chi connectivity index (χ1n) is 20.3. The molecule has 3 aromatic carbocycles. The Morgan fingerprint density at radius 3 is 1.87 bits per heavy atom. The third-order valence-electron chi connectivity index (χ3n) is 10.4. The number of para-hydroxylation sites is 1. The second-order valence-electron chi connectivity index (χ2n) is 17.2. The van der Waals surface area contributed by atoms with Gasteiger partial charge in [0.2, 0.25) is 11.3 Å². The predicted molar refractivity (Wildman–Crippen MR) is 240 cm³/mol. The molecule has 7 aromatic rings. The van der Waals surface area contributed by atoms with Gasteiger partial charge in [0, 0.05) is 50.7 Å². The molecule has 11 heteroatoms. The van der Waals surface area contributed by atoms with Gasteiger partial charge in [-0.25, -0.2) is 15.4 Å². The molecule has 10 nitrogen and oxygen atoms in total. The van der Waals surface area contributed by atoms with Crippen molar-refractivity contribution in [3.63, 3.8) is 0 Å². The Bertz CT molecular complexity index is 2820. The smallest absolute Gasteiger partial charge is 0.236 e. The molecule has 0 spiro atoms. The van der Waals surface area contributed by atoms with E-state index in [1.165, 1.54) is 0 Å². The average molecular weight is 1000 g/mol. The van der Waals surface area contributed by atoms with Gasteiger partial charge in [0.25, 0.3) is 0 Å². The number of rotatable bonds is 8. The Kier molecular flexibility index (Phi) is 14.9. The second-order valence-corrected chi connectivity index (χ2v) is 17.2. The SMILES string of the molecule is Cc1nc2c(nc1C)[n+](C)[c-]n2-c1[c-]cccc1.[C-]#[N+]c1c[c-]c(-c2cc(C(C)(C)C)cc(CCCCc3cc(C(C)(C)C)cc(-c4[c-]cc(C#N)cc4[N+]#[C-])n3)n2)c(C#N)c1.[Ir]. The number of aryl methyl sites for hydroxylation is 5. The summed E-state index contributed by atoms with van der Waals surface area (Å²) in [6.07, 6.45) is 6.50. The van der Waals surface area contributed by atoms with Crippen molar-refractivity contribution in [1.82, 2.24) is 24.5 Å². The fourth-order valence-electron chi connectivity index (χ4n) is 6.75. The van der Waals surface area contributed by atoms with Crippen LogP contribution in [0.1, 0.15) is 99.4 Å². The third kappa shape index (κ3) is 11.1. The Balaban J connectivity index is 0.000000326. The van der Waals surface area contributed by atoms with E-state index in [0.717, 1.165) is 76.6 Å². The molecule has 0 saturated carbocycles. The molecule has 1 radical (unpaired) electrons. The summed E-state index contributed by atoms with van der Waals surface area (Å²) in [4.78, 5) is 26.1. The molecule has 0 aliphatic heterocycles. The maximum Gasteiger partial charge on any atom is 0.236 e. The summed E-state index contributed by atoms with van der Waals surface area (Å²) in [6, 6.07) is 36.2. The molecule has 63 heavy (non-hydrogen) atoms. The van der Waals surface area contributed by atoms with Gasteiger partial charge in [0.1, 0.15) is 17.9 Å². The van der Waals surface area contributed by atoms with Crippen LogP contribution < -0.4 is 4.57 Å². The van der Waals surface area contributed by atoms with E-state index in [-0.39, 0.29) is 30.9 Å². The van der Waals surface area contributed by atoms with Gasteiger partial charge in [-0.1, -0.05) is 77.1 Å². The van der Waals surface area contributed by atoms with Crippen molar-refractivity contribution < 1.29 is 24.7 Å². The van der Waals surface area contributed by atoms with Crippen molar-refractivity contribution in [2.24, 2.45) is 7.05 Å². The maximum atomic E-state index is 9.76. The molecule has 317 valence electrons. The van der Waals surface area contributed by atoms with Crippen molar-refractivity contribution in [1.29, 1.82) is 10.5 Å². The number of nitrogens with zero attached hydrogens (tertiary/aromatic N) is 10. The van der Waals surface area contributed by atoms with Crippen LogP contribution >= 0.6 is 0 Å². The van der Waals surface area contributed by atoms with E-state index in [1.807, 2.05) is 66.4 Å². The molecule has 4 aromatic heterocycles. The number of hydrogen-bond donors (Lipinski definition) is 0. The van der Waals surface area contributed by atoms with Crippen molar-refractivity contribution in [2.75, 3.05) is 0 Å². The first-order chi connectivity index (χ1) is 29.5. The summed E-state index contributed by atoms with van der Waals surface area (Å²) in [7, 11) is 1.92. The molecule has 0 amide bonds. The fraction of sp³-hybridized carbons (Fsp3) is 0.288. The Morgan fingerprint density at radius 2 is 1.33 bits per heavy atom. The van der Waals surface area contributed by atoms with Gasteiger partial charge < -0.3 is 19.1 Å². The molecule has 0 fully saturated rings. The normalized spacial score (nSPS) is 11.0. The van der Waals surface area contributed by atoms with Crippen LogP contribution in [0, 0.1) is 74.2 Å². The van der Waals surface area contributed by atoms with E-state index < -0.39 is 0 Å². The molecule has 7 rings (SSSR count). The van der Waals surface area contributed by atoms with Gasteiger partial charge in [-0.15, -0.1) is 23.8 Å². The number of benzene rings is 3. The molecule has 0 atom stereocenters. The van der Waals surface area contributed by atoms with Crippen molar-refractivity contribution in [3.05, 3.63) is 165 Å². The van der Waals surface area contributed by atoms with Crippen LogP contribution in [0.2, 0.25) is 0 Å². The number of unbranched alkanes of at least 4 members (excludes halogenated alkanes) is 1. The molecule has 0 unspecified atom stereocenters. The van der Waals surface area contributed by atoms with Crippen LogP contribution in [0.5, 0.6) is 0 Å². The first-order valence-corrected chi connectivity index (χ1v) is 20.3. The number of nitriles is 2. The number of hydrogen-bond acceptors (Lipinski definition) is 6. The van der Waals surface area contributed by atoms with Gasteiger partial charge in [-0.05, 0) is 102 Å². The number of imidazole rings is 1. The molecule has 4 heterocycles. The fourth-order valence-corrected chi connectivity index (χ4v) is 6.75. The number of fused-ring (bicyclic) bond motifs is 1. The molecular formula is C52H47IrN10-3. The summed E-state index contributed by atoms with van der Waals surface area (Å²) in [5.74, 6) is 0. The molecule has 0 aliphatic carbocycles. The zero-order valence-corrected chi connectivity index (χ0v) is 39.5. The van der Waals surface area contributed by atoms with Crippen LogP contribution in [0.25, 0.3) is 49.2 Å². The quantitative estimate of drug-likeness (QED) is 0.0850. The van der Waals surface area contributed by atoms with Gasteiger partial charge in [-0.3, -0.25) is 4.98 Å². The van der Waals surface area contributed by atoms with Crippen molar-refractivity contribution in [3.8, 4) is 40.3 Å². The Hall–Kier alpha value is -6.88. The average Bonchev–Trinajstić information content (AvgIpc) is 3.58. The minimum absolute atomic E-state index is 0.